The maximum absolute atomic E-state index is 13.4. The van der Waals surface area contributed by atoms with Gasteiger partial charge in [-0.3, -0.25) is 14.2 Å². The number of anilines is 1. The molecule has 0 bridgehead atoms. The van der Waals surface area contributed by atoms with Crippen molar-refractivity contribution in [1.29, 1.82) is 0 Å². The number of fused-ring (bicyclic) bond motifs is 1. The molecular weight excluding hydrogens is 436 g/mol. The fraction of sp³-hybridized carbons (Fsp3) is 0.240. The highest BCUT2D eigenvalue weighted by molar-refractivity contribution is 7.99. The van der Waals surface area contributed by atoms with Gasteiger partial charge in [-0.05, 0) is 43.7 Å². The van der Waals surface area contributed by atoms with E-state index in [1.165, 1.54) is 11.8 Å². The molecule has 2 heterocycles. The first-order valence-corrected chi connectivity index (χ1v) is 11.6. The van der Waals surface area contributed by atoms with Gasteiger partial charge in [0.15, 0.2) is 5.16 Å². The average molecular weight is 463 g/mol. The number of nitrogens with zero attached hydrogens (tertiary/aromatic N) is 3. The molecule has 0 radical (unpaired) electrons. The largest absolute Gasteiger partial charge is 0.497 e. The van der Waals surface area contributed by atoms with E-state index < -0.39 is 0 Å². The monoisotopic (exact) mass is 462 g/mol. The predicted octanol–water partition coefficient (Wildman–Crippen LogP) is 4.72. The molecule has 33 heavy (non-hydrogen) atoms. The quantitative estimate of drug-likeness (QED) is 0.318. The van der Waals surface area contributed by atoms with Crippen LogP contribution >= 0.6 is 11.8 Å². The molecule has 7 nitrogen and oxygen atoms in total. The standard InChI is InChI=1S/C25H26N4O3S/c1-16(2)29-24(31)23-22(20(14-28(23)3)17-8-6-5-7-9-17)27-25(29)33-15-21(30)26-18-10-12-19(32-4)13-11-18/h5-14,16H,15H2,1-4H3,(H,26,30). The number of carbonyl (C=O) groups excluding carboxylic acids is 1. The van der Waals surface area contributed by atoms with Gasteiger partial charge in [0.1, 0.15) is 16.8 Å². The topological polar surface area (TPSA) is 78.2 Å². The van der Waals surface area contributed by atoms with Gasteiger partial charge < -0.3 is 14.6 Å². The molecule has 2 aromatic carbocycles. The number of amides is 1. The summed E-state index contributed by atoms with van der Waals surface area (Å²) in [5, 5.41) is 3.39. The molecular formula is C25H26N4O3S. The first-order valence-electron chi connectivity index (χ1n) is 10.6. The summed E-state index contributed by atoms with van der Waals surface area (Å²) in [5.41, 5.74) is 3.65. The smallest absolute Gasteiger partial charge is 0.278 e. The number of benzene rings is 2. The van der Waals surface area contributed by atoms with Crippen LogP contribution in [0, 0.1) is 0 Å². The third kappa shape index (κ3) is 4.66. The van der Waals surface area contributed by atoms with Gasteiger partial charge in [0.25, 0.3) is 5.56 Å². The molecule has 0 spiro atoms. The van der Waals surface area contributed by atoms with Crippen LogP contribution in [0.25, 0.3) is 22.2 Å². The number of hydrogen-bond acceptors (Lipinski definition) is 5. The maximum atomic E-state index is 13.4. The van der Waals surface area contributed by atoms with Crippen molar-refractivity contribution in [2.45, 2.75) is 25.0 Å². The highest BCUT2D eigenvalue weighted by atomic mass is 32.2. The molecule has 0 atom stereocenters. The zero-order valence-corrected chi connectivity index (χ0v) is 19.8. The third-order valence-corrected chi connectivity index (χ3v) is 6.25. The Hall–Kier alpha value is -3.52. The number of carbonyl (C=O) groups is 1. The number of aryl methyl sites for hydroxylation is 1. The number of rotatable bonds is 7. The van der Waals surface area contributed by atoms with E-state index in [4.69, 9.17) is 9.72 Å². The highest BCUT2D eigenvalue weighted by Gasteiger charge is 2.20. The van der Waals surface area contributed by atoms with Crippen molar-refractivity contribution >= 4 is 34.4 Å². The van der Waals surface area contributed by atoms with Crippen molar-refractivity contribution in [3.8, 4) is 16.9 Å². The Morgan fingerprint density at radius 1 is 1.12 bits per heavy atom. The Kier molecular flexibility index (Phi) is 6.55. The van der Waals surface area contributed by atoms with Crippen LogP contribution in [0.2, 0.25) is 0 Å². The molecule has 2 aromatic heterocycles. The van der Waals surface area contributed by atoms with Crippen LogP contribution in [0.5, 0.6) is 5.75 Å². The fourth-order valence-corrected chi connectivity index (χ4v) is 4.64. The van der Waals surface area contributed by atoms with Crippen molar-refractivity contribution in [3.63, 3.8) is 0 Å². The number of ether oxygens (including phenoxy) is 1. The second kappa shape index (κ2) is 9.54. The minimum Gasteiger partial charge on any atom is -0.497 e. The Labute approximate surface area is 196 Å². The minimum atomic E-state index is -0.175. The maximum Gasteiger partial charge on any atom is 0.278 e. The normalized spacial score (nSPS) is 11.2. The molecule has 4 rings (SSSR count). The highest BCUT2D eigenvalue weighted by Crippen LogP contribution is 2.30. The zero-order chi connectivity index (χ0) is 23.5. The molecule has 1 amide bonds. The lowest BCUT2D eigenvalue weighted by Gasteiger charge is -2.16. The first-order chi connectivity index (χ1) is 15.9. The molecule has 4 aromatic rings. The van der Waals surface area contributed by atoms with Gasteiger partial charge in [-0.25, -0.2) is 4.98 Å². The van der Waals surface area contributed by atoms with Gasteiger partial charge in [0.05, 0.1) is 12.9 Å². The Morgan fingerprint density at radius 3 is 2.45 bits per heavy atom. The summed E-state index contributed by atoms with van der Waals surface area (Å²) in [6, 6.07) is 16.9. The Bertz CT molecular complexity index is 1340. The van der Waals surface area contributed by atoms with Crippen LogP contribution in [-0.4, -0.2) is 32.9 Å². The molecule has 0 aliphatic carbocycles. The molecule has 0 unspecified atom stereocenters. The Morgan fingerprint density at radius 2 is 1.82 bits per heavy atom. The predicted molar refractivity (Wildman–Crippen MR) is 133 cm³/mol. The number of methoxy groups -OCH3 is 1. The summed E-state index contributed by atoms with van der Waals surface area (Å²) in [7, 11) is 3.45. The van der Waals surface area contributed by atoms with Crippen LogP contribution in [0.4, 0.5) is 5.69 Å². The second-order valence-electron chi connectivity index (χ2n) is 7.95. The van der Waals surface area contributed by atoms with Crippen LogP contribution in [0.15, 0.2) is 70.7 Å². The van der Waals surface area contributed by atoms with Crippen molar-refractivity contribution in [2.24, 2.45) is 7.05 Å². The SMILES string of the molecule is COc1ccc(NC(=O)CSc2nc3c(-c4ccccc4)cn(C)c3c(=O)n2C(C)C)cc1. The molecule has 0 saturated carbocycles. The van der Waals surface area contributed by atoms with Crippen LogP contribution < -0.4 is 15.6 Å². The first kappa shape index (κ1) is 22.7. The third-order valence-electron chi connectivity index (χ3n) is 5.30. The van der Waals surface area contributed by atoms with E-state index in [0.29, 0.717) is 21.9 Å². The van der Waals surface area contributed by atoms with Crippen LogP contribution in [0.1, 0.15) is 19.9 Å². The fourth-order valence-electron chi connectivity index (χ4n) is 3.72. The van der Waals surface area contributed by atoms with Crippen LogP contribution in [-0.2, 0) is 11.8 Å². The van der Waals surface area contributed by atoms with E-state index in [1.807, 2.05) is 62.0 Å². The van der Waals surface area contributed by atoms with Gasteiger partial charge in [-0.2, -0.15) is 0 Å². The van der Waals surface area contributed by atoms with Crippen molar-refractivity contribution in [3.05, 3.63) is 71.1 Å². The van der Waals surface area contributed by atoms with E-state index >= 15 is 0 Å². The Balaban J connectivity index is 1.66. The molecule has 0 fully saturated rings. The summed E-state index contributed by atoms with van der Waals surface area (Å²) in [6.45, 7) is 3.88. The van der Waals surface area contributed by atoms with Crippen molar-refractivity contribution in [2.75, 3.05) is 18.2 Å². The summed E-state index contributed by atoms with van der Waals surface area (Å²) >= 11 is 1.26. The summed E-state index contributed by atoms with van der Waals surface area (Å²) in [6.07, 6.45) is 1.93. The molecule has 0 aliphatic rings. The van der Waals surface area contributed by atoms with E-state index in [1.54, 1.807) is 35.9 Å². The molecule has 0 aliphatic heterocycles. The molecule has 1 N–H and O–H groups in total. The van der Waals surface area contributed by atoms with Gasteiger partial charge in [0, 0.05) is 30.5 Å². The average Bonchev–Trinajstić information content (AvgIpc) is 3.15. The van der Waals surface area contributed by atoms with Crippen molar-refractivity contribution in [1.82, 2.24) is 14.1 Å². The summed E-state index contributed by atoms with van der Waals surface area (Å²) in [4.78, 5) is 30.9. The summed E-state index contributed by atoms with van der Waals surface area (Å²) in [5.74, 6) is 0.675. The lowest BCUT2D eigenvalue weighted by molar-refractivity contribution is -0.113. The summed E-state index contributed by atoms with van der Waals surface area (Å²) < 4.78 is 8.63. The van der Waals surface area contributed by atoms with E-state index in [-0.39, 0.29) is 23.3 Å². The van der Waals surface area contributed by atoms with E-state index in [0.717, 1.165) is 16.9 Å². The lowest BCUT2D eigenvalue weighted by Crippen LogP contribution is -2.26. The number of hydrogen-bond donors (Lipinski definition) is 1. The minimum absolute atomic E-state index is 0.100. The lowest BCUT2D eigenvalue weighted by atomic mass is 10.1. The van der Waals surface area contributed by atoms with Crippen LogP contribution in [0.3, 0.4) is 0 Å². The van der Waals surface area contributed by atoms with Crippen molar-refractivity contribution < 1.29 is 9.53 Å². The number of aromatic nitrogens is 3. The van der Waals surface area contributed by atoms with Gasteiger partial charge in [0.2, 0.25) is 5.91 Å². The zero-order valence-electron chi connectivity index (χ0n) is 19.0. The second-order valence-corrected chi connectivity index (χ2v) is 8.89. The number of thioether (sulfide) groups is 1. The van der Waals surface area contributed by atoms with Gasteiger partial charge >= 0.3 is 0 Å². The van der Waals surface area contributed by atoms with Gasteiger partial charge in [-0.15, -0.1) is 0 Å². The van der Waals surface area contributed by atoms with E-state index in [9.17, 15) is 9.59 Å². The molecule has 0 saturated heterocycles. The number of nitrogens with one attached hydrogen (secondary N) is 1. The molecule has 8 heteroatoms. The van der Waals surface area contributed by atoms with Gasteiger partial charge in [-0.1, -0.05) is 42.1 Å². The van der Waals surface area contributed by atoms with E-state index in [2.05, 4.69) is 5.32 Å². The molecule has 170 valence electrons.